The second kappa shape index (κ2) is 11.2. The van der Waals surface area contributed by atoms with Gasteiger partial charge in [0.05, 0.1) is 7.11 Å². The number of hydrogen-bond acceptors (Lipinski definition) is 1. The van der Waals surface area contributed by atoms with Crippen LogP contribution in [0.5, 0.6) is 0 Å². The van der Waals surface area contributed by atoms with Gasteiger partial charge in [0.25, 0.3) is 0 Å². The summed E-state index contributed by atoms with van der Waals surface area (Å²) in [5.74, 6) is -0.323. The number of methoxy groups -OCH3 is 1. The van der Waals surface area contributed by atoms with Crippen LogP contribution in [-0.4, -0.2) is 7.11 Å². The minimum absolute atomic E-state index is 0.00461. The molecule has 0 radical (unpaired) electrons. The highest BCUT2D eigenvalue weighted by atomic mass is 19.2. The van der Waals surface area contributed by atoms with E-state index in [0.717, 1.165) is 57.8 Å². The third kappa shape index (κ3) is 6.08. The zero-order valence-corrected chi connectivity index (χ0v) is 19.6. The molecule has 176 valence electrons. The van der Waals surface area contributed by atoms with E-state index in [0.29, 0.717) is 35.0 Å². The normalized spacial score (nSPS) is 26.6. The average molecular weight is 447 g/mol. The van der Waals surface area contributed by atoms with E-state index in [4.69, 9.17) is 4.74 Å². The topological polar surface area (TPSA) is 9.23 Å². The molecule has 32 heavy (non-hydrogen) atoms. The van der Waals surface area contributed by atoms with Crippen molar-refractivity contribution in [3.63, 3.8) is 0 Å². The van der Waals surface area contributed by atoms with Crippen molar-refractivity contribution in [2.24, 2.45) is 11.8 Å². The summed E-state index contributed by atoms with van der Waals surface area (Å²) in [6.45, 7) is 9.66. The summed E-state index contributed by atoms with van der Waals surface area (Å²) in [6.07, 6.45) is 10.7. The van der Waals surface area contributed by atoms with E-state index in [1.165, 1.54) is 13.2 Å². The van der Waals surface area contributed by atoms with Gasteiger partial charge in [-0.3, -0.25) is 0 Å². The Kier molecular flexibility index (Phi) is 8.67. The second-order valence-electron chi connectivity index (χ2n) is 9.86. The van der Waals surface area contributed by atoms with Gasteiger partial charge >= 0.3 is 0 Å². The summed E-state index contributed by atoms with van der Waals surface area (Å²) >= 11 is 0. The summed E-state index contributed by atoms with van der Waals surface area (Å²) in [6, 6.07) is 3.69. The lowest BCUT2D eigenvalue weighted by Gasteiger charge is -2.30. The van der Waals surface area contributed by atoms with Crippen molar-refractivity contribution in [2.75, 3.05) is 7.11 Å². The van der Waals surface area contributed by atoms with Gasteiger partial charge in [0.1, 0.15) is 5.76 Å². The number of ether oxygens (including phenoxy) is 1. The molecular weight excluding hydrogens is 409 g/mol. The van der Waals surface area contributed by atoms with E-state index >= 15 is 0 Å². The molecule has 2 fully saturated rings. The molecule has 1 nitrogen and oxygen atoms in total. The van der Waals surface area contributed by atoms with Crippen molar-refractivity contribution in [3.8, 4) is 0 Å². The molecule has 2 aliphatic rings. The van der Waals surface area contributed by atoms with Gasteiger partial charge in [0.2, 0.25) is 0 Å². The maximum absolute atomic E-state index is 15.0. The predicted octanol–water partition coefficient (Wildman–Crippen LogP) is 8.88. The van der Waals surface area contributed by atoms with Crippen LogP contribution in [0, 0.1) is 23.5 Å². The molecule has 0 heterocycles. The number of hydrogen-bond donors (Lipinski definition) is 0. The van der Waals surface area contributed by atoms with Crippen LogP contribution < -0.4 is 0 Å². The van der Waals surface area contributed by atoms with Gasteiger partial charge in [-0.05, 0) is 92.2 Å². The fourth-order valence-electron chi connectivity index (χ4n) is 5.36. The van der Waals surface area contributed by atoms with Crippen LogP contribution >= 0.6 is 0 Å². The van der Waals surface area contributed by atoms with Crippen LogP contribution in [-0.2, 0) is 4.74 Å². The number of rotatable bonds is 8. The smallest absolute Gasteiger partial charge is 0.164 e. The maximum atomic E-state index is 15.0. The first-order chi connectivity index (χ1) is 15.3. The quantitative estimate of drug-likeness (QED) is 0.286. The van der Waals surface area contributed by atoms with Crippen LogP contribution in [0.2, 0.25) is 0 Å². The first-order valence-electron chi connectivity index (χ1n) is 12.1. The molecule has 0 atom stereocenters. The number of benzene rings is 1. The Hall–Kier alpha value is -1.97. The van der Waals surface area contributed by atoms with E-state index < -0.39 is 17.5 Å². The highest BCUT2D eigenvalue weighted by molar-refractivity contribution is 5.32. The average Bonchev–Trinajstić information content (AvgIpc) is 2.80. The Morgan fingerprint density at radius 3 is 1.94 bits per heavy atom. The zero-order valence-electron chi connectivity index (χ0n) is 19.6. The first kappa shape index (κ1) is 24.7. The van der Waals surface area contributed by atoms with Crippen molar-refractivity contribution < 1.29 is 17.9 Å². The number of halogens is 3. The number of allylic oxidation sites excluding steroid dienone is 3. The second-order valence-corrected chi connectivity index (χ2v) is 9.86. The van der Waals surface area contributed by atoms with Crippen molar-refractivity contribution in [2.45, 2.75) is 83.0 Å². The van der Waals surface area contributed by atoms with Crippen molar-refractivity contribution in [1.82, 2.24) is 0 Å². The molecule has 0 bridgehead atoms. The van der Waals surface area contributed by atoms with E-state index in [1.54, 1.807) is 0 Å². The van der Waals surface area contributed by atoms with E-state index in [9.17, 15) is 13.2 Å². The van der Waals surface area contributed by atoms with Crippen LogP contribution in [0.25, 0.3) is 0 Å². The molecule has 3 rings (SSSR count). The fourth-order valence-corrected chi connectivity index (χ4v) is 5.36. The van der Waals surface area contributed by atoms with Gasteiger partial charge < -0.3 is 4.74 Å². The van der Waals surface area contributed by atoms with Crippen molar-refractivity contribution in [1.29, 1.82) is 0 Å². The Balaban J connectivity index is 1.53. The van der Waals surface area contributed by atoms with Crippen molar-refractivity contribution >= 4 is 0 Å². The summed E-state index contributed by atoms with van der Waals surface area (Å²) in [5.41, 5.74) is 1.83. The molecule has 0 amide bonds. The van der Waals surface area contributed by atoms with Gasteiger partial charge in [0.15, 0.2) is 17.5 Å². The predicted molar refractivity (Wildman–Crippen MR) is 125 cm³/mol. The van der Waals surface area contributed by atoms with Gasteiger partial charge in [-0.1, -0.05) is 50.6 Å². The standard InChI is InChI=1S/C28H37F3O/c1-18-6-11-22(12-7-18)24-15-16-25(28(31)27(24)30)23-13-9-21(10-14-23)8-5-19(2)17-26(29)20(3)32-4/h15-18,21-23H,2-3,5-14H2,1,4H3/b26-17+. The molecule has 1 aromatic rings. The van der Waals surface area contributed by atoms with Crippen LogP contribution in [0.15, 0.2) is 48.5 Å². The third-order valence-corrected chi connectivity index (χ3v) is 7.60. The highest BCUT2D eigenvalue weighted by Gasteiger charge is 2.29. The highest BCUT2D eigenvalue weighted by Crippen LogP contribution is 2.42. The maximum Gasteiger partial charge on any atom is 0.164 e. The Morgan fingerprint density at radius 1 is 0.938 bits per heavy atom. The zero-order chi connectivity index (χ0) is 23.3. The molecule has 0 spiro atoms. The Morgan fingerprint density at radius 2 is 1.44 bits per heavy atom. The SMILES string of the molecule is C=C(/C=C(/F)C(=C)OC)CCC1CCC(c2ccc(C3CCC(C)CC3)c(F)c2F)CC1. The molecule has 1 aromatic carbocycles. The Labute approximate surface area is 191 Å². The molecule has 0 unspecified atom stereocenters. The minimum Gasteiger partial charge on any atom is -0.494 e. The Bertz CT molecular complexity index is 840. The fraction of sp³-hybridized carbons (Fsp3) is 0.571. The van der Waals surface area contributed by atoms with Crippen LogP contribution in [0.4, 0.5) is 13.2 Å². The lowest BCUT2D eigenvalue weighted by Crippen LogP contribution is -2.17. The molecule has 2 aliphatic carbocycles. The molecular formula is C28H37F3O. The van der Waals surface area contributed by atoms with E-state index in [-0.39, 0.29) is 17.6 Å². The minimum atomic E-state index is -0.628. The van der Waals surface area contributed by atoms with E-state index in [2.05, 4.69) is 20.1 Å². The van der Waals surface area contributed by atoms with Gasteiger partial charge in [0, 0.05) is 0 Å². The van der Waals surface area contributed by atoms with Gasteiger partial charge in [-0.2, -0.15) is 0 Å². The molecule has 0 saturated heterocycles. The van der Waals surface area contributed by atoms with Crippen LogP contribution in [0.3, 0.4) is 0 Å². The third-order valence-electron chi connectivity index (χ3n) is 7.60. The lowest BCUT2D eigenvalue weighted by molar-refractivity contribution is 0.285. The van der Waals surface area contributed by atoms with Crippen molar-refractivity contribution in [3.05, 3.63) is 71.3 Å². The first-order valence-corrected chi connectivity index (χ1v) is 12.1. The van der Waals surface area contributed by atoms with Crippen LogP contribution in [0.1, 0.15) is 94.1 Å². The molecule has 0 aliphatic heterocycles. The summed E-state index contributed by atoms with van der Waals surface area (Å²) in [5, 5.41) is 0. The van der Waals surface area contributed by atoms with E-state index in [1.807, 2.05) is 12.1 Å². The van der Waals surface area contributed by atoms with Gasteiger partial charge in [-0.15, -0.1) is 0 Å². The summed E-state index contributed by atoms with van der Waals surface area (Å²) in [4.78, 5) is 0. The summed E-state index contributed by atoms with van der Waals surface area (Å²) in [7, 11) is 1.38. The largest absolute Gasteiger partial charge is 0.494 e. The summed E-state index contributed by atoms with van der Waals surface area (Å²) < 4.78 is 48.5. The molecule has 4 heteroatoms. The molecule has 2 saturated carbocycles. The molecule has 0 N–H and O–H groups in total. The molecule has 0 aromatic heterocycles. The lowest BCUT2D eigenvalue weighted by atomic mass is 9.75. The van der Waals surface area contributed by atoms with Gasteiger partial charge in [-0.25, -0.2) is 13.2 Å². The monoisotopic (exact) mass is 446 g/mol.